The van der Waals surface area contributed by atoms with E-state index in [2.05, 4.69) is 17.1 Å². The number of nitrogens with one attached hydrogen (secondary N) is 1. The maximum Gasteiger partial charge on any atom is 0.146 e. The second-order valence-electron chi connectivity index (χ2n) is 4.05. The minimum Gasteiger partial charge on any atom is -0.365 e. The molecule has 0 aliphatic carbocycles. The first-order chi connectivity index (χ1) is 7.29. The average Bonchev–Trinajstić information content (AvgIpc) is 2.44. The van der Waals surface area contributed by atoms with Crippen LogP contribution in [0.15, 0.2) is 24.3 Å². The Kier molecular flexibility index (Phi) is 3.21. The first-order valence-corrected chi connectivity index (χ1v) is 5.51. The molecule has 3 heteroatoms. The van der Waals surface area contributed by atoms with E-state index in [1.807, 2.05) is 12.1 Å². The molecule has 2 nitrogen and oxygen atoms in total. The van der Waals surface area contributed by atoms with Crippen molar-refractivity contribution in [1.82, 2.24) is 5.32 Å². The molecule has 1 aliphatic heterocycles. The Morgan fingerprint density at radius 2 is 2.20 bits per heavy atom. The molecule has 1 aliphatic rings. The van der Waals surface area contributed by atoms with Gasteiger partial charge >= 0.3 is 0 Å². The van der Waals surface area contributed by atoms with Gasteiger partial charge in [-0.2, -0.15) is 0 Å². The van der Waals surface area contributed by atoms with Crippen LogP contribution >= 0.6 is 0 Å². The number of halogens is 1. The van der Waals surface area contributed by atoms with Crippen LogP contribution in [0.4, 0.5) is 10.1 Å². The van der Waals surface area contributed by atoms with Gasteiger partial charge < -0.3 is 10.2 Å². The van der Waals surface area contributed by atoms with E-state index < -0.39 is 0 Å². The Bertz CT molecular complexity index is 327. The molecule has 0 amide bonds. The molecule has 1 fully saturated rings. The lowest BCUT2D eigenvalue weighted by atomic mass is 10.2. The summed E-state index contributed by atoms with van der Waals surface area (Å²) in [7, 11) is 0. The monoisotopic (exact) mass is 208 g/mol. The van der Waals surface area contributed by atoms with Crippen LogP contribution in [0.2, 0.25) is 0 Å². The predicted molar refractivity (Wildman–Crippen MR) is 60.7 cm³/mol. The van der Waals surface area contributed by atoms with Gasteiger partial charge in [0.1, 0.15) is 5.82 Å². The highest BCUT2D eigenvalue weighted by Gasteiger charge is 2.18. The molecule has 1 unspecified atom stereocenters. The van der Waals surface area contributed by atoms with Crippen molar-refractivity contribution < 1.29 is 4.39 Å². The van der Waals surface area contributed by atoms with Crippen molar-refractivity contribution in [1.29, 1.82) is 0 Å². The highest BCUT2D eigenvalue weighted by atomic mass is 19.1. The Balaban J connectivity index is 2.24. The van der Waals surface area contributed by atoms with Crippen molar-refractivity contribution in [3.8, 4) is 0 Å². The SMILES string of the molecule is CC1CNCCCN1c1ccccc1F. The number of para-hydroxylation sites is 1. The Labute approximate surface area is 90.1 Å². The Hall–Kier alpha value is -1.09. The third-order valence-electron chi connectivity index (χ3n) is 2.89. The van der Waals surface area contributed by atoms with E-state index in [-0.39, 0.29) is 5.82 Å². The van der Waals surface area contributed by atoms with Crippen LogP contribution in [0, 0.1) is 5.82 Å². The second kappa shape index (κ2) is 4.62. The van der Waals surface area contributed by atoms with Gasteiger partial charge in [0.25, 0.3) is 0 Å². The van der Waals surface area contributed by atoms with E-state index in [1.54, 1.807) is 6.07 Å². The lowest BCUT2D eigenvalue weighted by Crippen LogP contribution is -2.37. The van der Waals surface area contributed by atoms with Crippen LogP contribution in [-0.4, -0.2) is 25.7 Å². The van der Waals surface area contributed by atoms with E-state index in [1.165, 1.54) is 6.07 Å². The van der Waals surface area contributed by atoms with Gasteiger partial charge in [0.15, 0.2) is 0 Å². The lowest BCUT2D eigenvalue weighted by molar-refractivity contribution is 0.589. The van der Waals surface area contributed by atoms with Gasteiger partial charge in [0.05, 0.1) is 5.69 Å². The van der Waals surface area contributed by atoms with Crippen molar-refractivity contribution >= 4 is 5.69 Å². The summed E-state index contributed by atoms with van der Waals surface area (Å²) < 4.78 is 13.6. The smallest absolute Gasteiger partial charge is 0.146 e. The summed E-state index contributed by atoms with van der Waals surface area (Å²) in [6, 6.07) is 7.37. The zero-order valence-electron chi connectivity index (χ0n) is 9.04. The summed E-state index contributed by atoms with van der Waals surface area (Å²) in [5, 5.41) is 3.35. The van der Waals surface area contributed by atoms with Gasteiger partial charge in [-0.05, 0) is 32.0 Å². The molecule has 0 spiro atoms. The lowest BCUT2D eigenvalue weighted by Gasteiger charge is -2.29. The van der Waals surface area contributed by atoms with Gasteiger partial charge in [0.2, 0.25) is 0 Å². The van der Waals surface area contributed by atoms with Gasteiger partial charge in [-0.3, -0.25) is 0 Å². The topological polar surface area (TPSA) is 15.3 Å². The van der Waals surface area contributed by atoms with Crippen molar-refractivity contribution in [3.05, 3.63) is 30.1 Å². The molecule has 1 N–H and O–H groups in total. The fraction of sp³-hybridized carbons (Fsp3) is 0.500. The van der Waals surface area contributed by atoms with E-state index in [4.69, 9.17) is 0 Å². The third-order valence-corrected chi connectivity index (χ3v) is 2.89. The molecule has 0 aromatic heterocycles. The van der Waals surface area contributed by atoms with Crippen molar-refractivity contribution in [2.45, 2.75) is 19.4 Å². The molecule has 1 aromatic carbocycles. The summed E-state index contributed by atoms with van der Waals surface area (Å²) >= 11 is 0. The Morgan fingerprint density at radius 1 is 1.40 bits per heavy atom. The molecular weight excluding hydrogens is 191 g/mol. The molecule has 82 valence electrons. The molecule has 1 atom stereocenters. The first-order valence-electron chi connectivity index (χ1n) is 5.51. The molecule has 0 saturated carbocycles. The summed E-state index contributed by atoms with van der Waals surface area (Å²) in [4.78, 5) is 2.15. The van der Waals surface area contributed by atoms with E-state index in [0.29, 0.717) is 6.04 Å². The molecule has 2 rings (SSSR count). The minimum atomic E-state index is -0.119. The van der Waals surface area contributed by atoms with E-state index in [0.717, 1.165) is 31.7 Å². The summed E-state index contributed by atoms with van der Waals surface area (Å²) in [5.74, 6) is -0.119. The van der Waals surface area contributed by atoms with Crippen LogP contribution in [-0.2, 0) is 0 Å². The predicted octanol–water partition coefficient (Wildman–Crippen LogP) is 2.01. The van der Waals surface area contributed by atoms with Crippen molar-refractivity contribution in [3.63, 3.8) is 0 Å². The molecule has 1 heterocycles. The summed E-state index contributed by atoms with van der Waals surface area (Å²) in [6.07, 6.45) is 1.07. The van der Waals surface area contributed by atoms with Crippen LogP contribution in [0.5, 0.6) is 0 Å². The fourth-order valence-corrected chi connectivity index (χ4v) is 2.06. The highest BCUT2D eigenvalue weighted by Crippen LogP contribution is 2.21. The number of hydrogen-bond donors (Lipinski definition) is 1. The normalized spacial score (nSPS) is 22.5. The van der Waals surface area contributed by atoms with Gasteiger partial charge in [-0.15, -0.1) is 0 Å². The number of nitrogens with zero attached hydrogens (tertiary/aromatic N) is 1. The minimum absolute atomic E-state index is 0.119. The number of benzene rings is 1. The van der Waals surface area contributed by atoms with Crippen molar-refractivity contribution in [2.24, 2.45) is 0 Å². The third kappa shape index (κ3) is 2.29. The zero-order chi connectivity index (χ0) is 10.7. The number of hydrogen-bond acceptors (Lipinski definition) is 2. The van der Waals surface area contributed by atoms with Crippen LogP contribution in [0.25, 0.3) is 0 Å². The molecule has 1 saturated heterocycles. The first kappa shape index (κ1) is 10.4. The standard InChI is InChI=1S/C12H17FN2/c1-10-9-14-7-4-8-15(10)12-6-3-2-5-11(12)13/h2-3,5-6,10,14H,4,7-9H2,1H3. The second-order valence-corrected chi connectivity index (χ2v) is 4.05. The largest absolute Gasteiger partial charge is 0.365 e. The summed E-state index contributed by atoms with van der Waals surface area (Å²) in [6.45, 7) is 5.00. The molecule has 1 aromatic rings. The van der Waals surface area contributed by atoms with Gasteiger partial charge in [-0.1, -0.05) is 12.1 Å². The van der Waals surface area contributed by atoms with Crippen LogP contribution in [0.1, 0.15) is 13.3 Å². The van der Waals surface area contributed by atoms with Crippen LogP contribution < -0.4 is 10.2 Å². The zero-order valence-corrected chi connectivity index (χ0v) is 9.04. The quantitative estimate of drug-likeness (QED) is 0.759. The highest BCUT2D eigenvalue weighted by molar-refractivity contribution is 5.48. The molecule has 0 radical (unpaired) electrons. The molecule has 15 heavy (non-hydrogen) atoms. The molecular formula is C12H17FN2. The fourth-order valence-electron chi connectivity index (χ4n) is 2.06. The van der Waals surface area contributed by atoms with Gasteiger partial charge in [-0.25, -0.2) is 4.39 Å². The van der Waals surface area contributed by atoms with E-state index in [9.17, 15) is 4.39 Å². The summed E-state index contributed by atoms with van der Waals surface area (Å²) in [5.41, 5.74) is 0.730. The molecule has 0 bridgehead atoms. The van der Waals surface area contributed by atoms with Crippen molar-refractivity contribution in [2.75, 3.05) is 24.5 Å². The van der Waals surface area contributed by atoms with Crippen LogP contribution in [0.3, 0.4) is 0 Å². The maximum absolute atomic E-state index is 13.6. The number of rotatable bonds is 1. The Morgan fingerprint density at radius 3 is 3.00 bits per heavy atom. The number of anilines is 1. The average molecular weight is 208 g/mol. The maximum atomic E-state index is 13.6. The van der Waals surface area contributed by atoms with E-state index >= 15 is 0 Å². The van der Waals surface area contributed by atoms with Gasteiger partial charge in [0, 0.05) is 19.1 Å².